The van der Waals surface area contributed by atoms with Crippen molar-refractivity contribution < 1.29 is 42.7 Å². The van der Waals surface area contributed by atoms with Crippen molar-refractivity contribution in [2.45, 2.75) is 32.4 Å². The van der Waals surface area contributed by atoms with Gasteiger partial charge in [-0.25, -0.2) is 4.79 Å². The van der Waals surface area contributed by atoms with Gasteiger partial charge in [0.15, 0.2) is 23.0 Å². The van der Waals surface area contributed by atoms with Crippen molar-refractivity contribution in [3.05, 3.63) is 87.6 Å². The molecule has 1 saturated heterocycles. The average Bonchev–Trinajstić information content (AvgIpc) is 3.13. The zero-order chi connectivity index (χ0) is 35.7. The predicted molar refractivity (Wildman–Crippen MR) is 189 cm³/mol. The van der Waals surface area contributed by atoms with Gasteiger partial charge < -0.3 is 38.1 Å². The van der Waals surface area contributed by atoms with Gasteiger partial charge in [0.1, 0.15) is 24.1 Å². The third-order valence-electron chi connectivity index (χ3n) is 9.55. The molecule has 262 valence electrons. The van der Waals surface area contributed by atoms with Crippen molar-refractivity contribution in [1.82, 2.24) is 10.2 Å². The van der Waals surface area contributed by atoms with Crippen molar-refractivity contribution in [3.63, 3.8) is 0 Å². The molecule has 2 aliphatic heterocycles. The molecule has 0 aliphatic carbocycles. The smallest absolute Gasteiger partial charge is 0.338 e. The van der Waals surface area contributed by atoms with Crippen LogP contribution in [0, 0.1) is 13.8 Å². The Morgan fingerprint density at radius 2 is 1.46 bits per heavy atom. The largest absolute Gasteiger partial charge is 0.496 e. The fourth-order valence-corrected chi connectivity index (χ4v) is 7.34. The Hall–Kier alpha value is -5.42. The molecule has 1 fully saturated rings. The van der Waals surface area contributed by atoms with Crippen LogP contribution < -0.4 is 33.7 Å². The first-order valence-electron chi connectivity index (χ1n) is 16.2. The van der Waals surface area contributed by atoms with E-state index in [2.05, 4.69) is 5.32 Å². The first kappa shape index (κ1) is 34.4. The van der Waals surface area contributed by atoms with Crippen LogP contribution >= 0.6 is 0 Å². The third-order valence-corrected chi connectivity index (χ3v) is 9.55. The lowest BCUT2D eigenvalue weighted by molar-refractivity contribution is -0.136. The maximum Gasteiger partial charge on any atom is 0.338 e. The lowest BCUT2D eigenvalue weighted by Gasteiger charge is -2.44. The van der Waals surface area contributed by atoms with Crippen LogP contribution in [-0.4, -0.2) is 78.6 Å². The van der Waals surface area contributed by atoms with E-state index in [0.717, 1.165) is 33.0 Å². The van der Waals surface area contributed by atoms with Gasteiger partial charge in [-0.05, 0) is 42.8 Å². The molecule has 0 spiro atoms. The van der Waals surface area contributed by atoms with Gasteiger partial charge in [0.2, 0.25) is 5.91 Å². The fraction of sp³-hybridized carbons (Fsp3) is 0.333. The van der Waals surface area contributed by atoms with E-state index in [-0.39, 0.29) is 12.5 Å². The van der Waals surface area contributed by atoms with Gasteiger partial charge in [0.25, 0.3) is 0 Å². The van der Waals surface area contributed by atoms with Crippen molar-refractivity contribution in [2.24, 2.45) is 0 Å². The number of nitrogens with one attached hydrogen (secondary N) is 1. The first-order chi connectivity index (χ1) is 24.2. The van der Waals surface area contributed by atoms with Gasteiger partial charge in [-0.2, -0.15) is 0 Å². The lowest BCUT2D eigenvalue weighted by atomic mass is 9.87. The zero-order valence-electron chi connectivity index (χ0n) is 29.6. The molecule has 2 atom stereocenters. The number of carbonyl (C=O) groups excluding carboxylic acids is 2. The number of hydrogen-bond donors (Lipinski definition) is 1. The Labute approximate surface area is 291 Å². The molecule has 4 aromatic rings. The highest BCUT2D eigenvalue weighted by molar-refractivity contribution is 6.04. The molecule has 0 unspecified atom stereocenters. The number of fused-ring (bicyclic) bond motifs is 3. The normalized spacial score (nSPS) is 16.6. The number of nitrogens with zero attached hydrogens (tertiary/aromatic N) is 1. The summed E-state index contributed by atoms with van der Waals surface area (Å²) < 4.78 is 40.8. The maximum absolute atomic E-state index is 14.7. The summed E-state index contributed by atoms with van der Waals surface area (Å²) in [4.78, 5) is 30.2. The van der Waals surface area contributed by atoms with E-state index in [9.17, 15) is 9.59 Å². The first-order valence-corrected chi connectivity index (χ1v) is 16.2. The second-order valence-corrected chi connectivity index (χ2v) is 12.1. The summed E-state index contributed by atoms with van der Waals surface area (Å²) in [6, 6.07) is 13.6. The highest BCUT2D eigenvalue weighted by atomic mass is 16.5. The molecule has 0 bridgehead atoms. The summed E-state index contributed by atoms with van der Waals surface area (Å²) in [5.74, 6) is 2.47. The number of methoxy groups -OCH3 is 6. The van der Waals surface area contributed by atoms with E-state index in [1.54, 1.807) is 53.6 Å². The third kappa shape index (κ3) is 5.71. The maximum atomic E-state index is 14.7. The van der Waals surface area contributed by atoms with Crippen LogP contribution in [0.3, 0.4) is 0 Å². The summed E-state index contributed by atoms with van der Waals surface area (Å²) in [5, 5.41) is 5.12. The minimum absolute atomic E-state index is 0.157. The van der Waals surface area contributed by atoms with Crippen molar-refractivity contribution in [1.29, 1.82) is 0 Å². The molecule has 50 heavy (non-hydrogen) atoms. The number of benzene rings is 4. The monoisotopic (exact) mass is 682 g/mol. The summed E-state index contributed by atoms with van der Waals surface area (Å²) in [6.07, 6.45) is 2.22. The van der Waals surface area contributed by atoms with Gasteiger partial charge in [0.05, 0.1) is 54.3 Å². The van der Waals surface area contributed by atoms with Gasteiger partial charge in [-0.1, -0.05) is 36.4 Å². The van der Waals surface area contributed by atoms with E-state index in [1.165, 1.54) is 0 Å². The van der Waals surface area contributed by atoms with Crippen LogP contribution in [0.5, 0.6) is 34.5 Å². The highest BCUT2D eigenvalue weighted by Gasteiger charge is 2.44. The molecule has 1 N–H and O–H groups in total. The van der Waals surface area contributed by atoms with Crippen LogP contribution in [0.4, 0.5) is 0 Å². The van der Waals surface area contributed by atoms with Gasteiger partial charge in [-0.15, -0.1) is 0 Å². The number of piperazine rings is 1. The Morgan fingerprint density at radius 3 is 2.14 bits per heavy atom. The molecule has 11 heteroatoms. The van der Waals surface area contributed by atoms with Gasteiger partial charge in [0, 0.05) is 46.5 Å². The Kier molecular flexibility index (Phi) is 9.79. The molecule has 0 saturated carbocycles. The van der Waals surface area contributed by atoms with E-state index in [1.807, 2.05) is 62.4 Å². The minimum atomic E-state index is -0.770. The number of rotatable bonds is 11. The summed E-state index contributed by atoms with van der Waals surface area (Å²) >= 11 is 0. The zero-order valence-corrected chi connectivity index (χ0v) is 29.6. The molecule has 1 amide bonds. The van der Waals surface area contributed by atoms with Gasteiger partial charge in [-0.3, -0.25) is 10.1 Å². The molecule has 0 radical (unpaired) electrons. The molecule has 2 heterocycles. The topological polar surface area (TPSA) is 114 Å². The van der Waals surface area contributed by atoms with E-state index < -0.39 is 18.1 Å². The second kappa shape index (κ2) is 14.2. The summed E-state index contributed by atoms with van der Waals surface area (Å²) in [5.41, 5.74) is 4.75. The minimum Gasteiger partial charge on any atom is -0.496 e. The Bertz CT molecular complexity index is 2000. The standard InChI is InChI=1S/C39H42N2O9/c1-21-33(45-4)24(17-31(44-3)35(21)47-6)16-29-38(42)41-25(19-40-29)18-28-32(37(49-8)36(48-7)22(2)34(28)46-5)30(41)20-50-39(43)27-15-11-13-23-12-9-10-14-26(23)27/h9-15,17-18,29-30,40H,16,19-20H2,1-8H3/t29-,30-/m0/s1. The number of esters is 1. The van der Waals surface area contributed by atoms with Crippen molar-refractivity contribution >= 4 is 28.7 Å². The Balaban J connectivity index is 1.43. The molecular weight excluding hydrogens is 640 g/mol. The highest BCUT2D eigenvalue weighted by Crippen LogP contribution is 2.51. The van der Waals surface area contributed by atoms with E-state index in [4.69, 9.17) is 33.2 Å². The number of hydrogen-bond acceptors (Lipinski definition) is 10. The molecule has 0 aromatic heterocycles. The van der Waals surface area contributed by atoms with Crippen LogP contribution in [0.15, 0.2) is 54.2 Å². The number of amides is 1. The molecule has 2 aliphatic rings. The molecule has 11 nitrogen and oxygen atoms in total. The van der Waals surface area contributed by atoms with Crippen molar-refractivity contribution in [2.75, 3.05) is 55.8 Å². The molecule has 4 aromatic carbocycles. The van der Waals surface area contributed by atoms with E-state index in [0.29, 0.717) is 64.3 Å². The van der Waals surface area contributed by atoms with Crippen LogP contribution in [0.25, 0.3) is 16.8 Å². The van der Waals surface area contributed by atoms with Gasteiger partial charge >= 0.3 is 5.97 Å². The molecule has 6 rings (SSSR count). The van der Waals surface area contributed by atoms with Crippen molar-refractivity contribution in [3.8, 4) is 34.5 Å². The Morgan fingerprint density at radius 1 is 0.800 bits per heavy atom. The number of ether oxygens (including phenoxy) is 7. The quantitative estimate of drug-likeness (QED) is 0.195. The number of carbonyl (C=O) groups is 2. The predicted octanol–water partition coefficient (Wildman–Crippen LogP) is 5.80. The van der Waals surface area contributed by atoms with E-state index >= 15 is 0 Å². The van der Waals surface area contributed by atoms with Crippen LogP contribution in [-0.2, 0) is 16.0 Å². The average molecular weight is 683 g/mol. The second-order valence-electron chi connectivity index (χ2n) is 12.1. The molecular formula is C39H42N2O9. The lowest BCUT2D eigenvalue weighted by Crippen LogP contribution is -2.57. The van der Waals surface area contributed by atoms with Crippen LogP contribution in [0.1, 0.15) is 44.2 Å². The SMILES string of the molecule is COc1cc(C[C@@H]2NCC3=Cc4c(OC)c(C)c(OC)c(OC)c4[C@H](COC(=O)c4cccc5ccccc45)N3C2=O)c(OC)c(C)c1OC. The summed E-state index contributed by atoms with van der Waals surface area (Å²) in [6.45, 7) is 3.97. The fourth-order valence-electron chi connectivity index (χ4n) is 7.34. The summed E-state index contributed by atoms with van der Waals surface area (Å²) in [7, 11) is 9.43. The van der Waals surface area contributed by atoms with Crippen LogP contribution in [0.2, 0.25) is 0 Å².